The fraction of sp³-hybridized carbons (Fsp3) is 0.538. The van der Waals surface area contributed by atoms with Crippen molar-refractivity contribution >= 4 is 11.8 Å². The minimum atomic E-state index is -1.15. The molecule has 1 atom stereocenters. The highest BCUT2D eigenvalue weighted by Crippen LogP contribution is 2.28. The lowest BCUT2D eigenvalue weighted by atomic mass is 10.1. The van der Waals surface area contributed by atoms with E-state index in [4.69, 9.17) is 4.74 Å². The second kappa shape index (κ2) is 4.92. The van der Waals surface area contributed by atoms with Gasteiger partial charge in [0.25, 0.3) is 0 Å². The zero-order valence-corrected chi connectivity index (χ0v) is 10.6. The molecule has 1 aromatic heterocycles. The van der Waals surface area contributed by atoms with Gasteiger partial charge >= 0.3 is 5.97 Å². The Morgan fingerprint density at radius 1 is 1.61 bits per heavy atom. The van der Waals surface area contributed by atoms with Gasteiger partial charge in [0.05, 0.1) is 18.7 Å². The summed E-state index contributed by atoms with van der Waals surface area (Å²) < 4.78 is 18.6. The van der Waals surface area contributed by atoms with E-state index in [0.717, 1.165) is 0 Å². The first-order chi connectivity index (χ1) is 8.52. The number of carbonyl (C=O) groups is 1. The number of ether oxygens (including phenoxy) is 1. The van der Waals surface area contributed by atoms with Gasteiger partial charge in [0.1, 0.15) is 11.5 Å². The Balaban J connectivity index is 2.06. The molecule has 0 aliphatic carbocycles. The van der Waals surface area contributed by atoms with E-state index in [1.165, 1.54) is 6.20 Å². The van der Waals surface area contributed by atoms with Crippen LogP contribution in [-0.2, 0) is 4.74 Å². The van der Waals surface area contributed by atoms with Crippen molar-refractivity contribution in [1.29, 1.82) is 0 Å². The number of hydrogen-bond acceptors (Lipinski definition) is 4. The standard InChI is InChI=1S/C13H17FN2O2/c1-3-18-12(17)10-4-5-11(15-8-10)16-7-6-13(2,14)9-16/h4-5,8H,3,6-7,9H2,1-2H3/t13-/m0/s1. The second-order valence-electron chi connectivity index (χ2n) is 4.71. The van der Waals surface area contributed by atoms with Crippen LogP contribution in [0.5, 0.6) is 0 Å². The Kier molecular flexibility index (Phi) is 3.50. The summed E-state index contributed by atoms with van der Waals surface area (Å²) in [6, 6.07) is 3.39. The van der Waals surface area contributed by atoms with Gasteiger partial charge in [-0.15, -0.1) is 0 Å². The summed E-state index contributed by atoms with van der Waals surface area (Å²) in [4.78, 5) is 17.5. The molecule has 0 saturated carbocycles. The number of nitrogens with zero attached hydrogens (tertiary/aromatic N) is 2. The van der Waals surface area contributed by atoms with Crippen LogP contribution in [0.25, 0.3) is 0 Å². The van der Waals surface area contributed by atoms with Crippen LogP contribution in [0.3, 0.4) is 0 Å². The average Bonchev–Trinajstić information content (AvgIpc) is 2.70. The Bertz CT molecular complexity index is 431. The van der Waals surface area contributed by atoms with Crippen LogP contribution in [0, 0.1) is 0 Å². The Morgan fingerprint density at radius 2 is 2.39 bits per heavy atom. The van der Waals surface area contributed by atoms with Gasteiger partial charge in [0.15, 0.2) is 0 Å². The molecule has 4 nitrogen and oxygen atoms in total. The summed E-state index contributed by atoms with van der Waals surface area (Å²) in [5.41, 5.74) is -0.732. The number of halogens is 1. The molecule has 98 valence electrons. The van der Waals surface area contributed by atoms with E-state index in [9.17, 15) is 9.18 Å². The van der Waals surface area contributed by atoms with Gasteiger partial charge in [0.2, 0.25) is 0 Å². The van der Waals surface area contributed by atoms with Crippen LogP contribution in [0.15, 0.2) is 18.3 Å². The second-order valence-corrected chi connectivity index (χ2v) is 4.71. The zero-order valence-electron chi connectivity index (χ0n) is 10.6. The third-order valence-electron chi connectivity index (χ3n) is 3.01. The summed E-state index contributed by atoms with van der Waals surface area (Å²) in [6.45, 7) is 4.69. The smallest absolute Gasteiger partial charge is 0.339 e. The third kappa shape index (κ3) is 2.78. The van der Waals surface area contributed by atoms with Gasteiger partial charge in [-0.05, 0) is 26.0 Å². The number of carbonyl (C=O) groups excluding carboxylic acids is 1. The molecule has 0 amide bonds. The maximum Gasteiger partial charge on any atom is 0.339 e. The predicted molar refractivity (Wildman–Crippen MR) is 66.5 cm³/mol. The average molecular weight is 252 g/mol. The summed E-state index contributed by atoms with van der Waals surface area (Å²) in [5, 5.41) is 0. The third-order valence-corrected chi connectivity index (χ3v) is 3.01. The summed E-state index contributed by atoms with van der Waals surface area (Å²) in [5.74, 6) is 0.317. The largest absolute Gasteiger partial charge is 0.462 e. The van der Waals surface area contributed by atoms with Crippen molar-refractivity contribution in [2.45, 2.75) is 25.9 Å². The molecule has 0 unspecified atom stereocenters. The van der Waals surface area contributed by atoms with Crippen molar-refractivity contribution < 1.29 is 13.9 Å². The van der Waals surface area contributed by atoms with E-state index in [0.29, 0.717) is 37.5 Å². The number of alkyl halides is 1. The van der Waals surface area contributed by atoms with Crippen LogP contribution in [0.1, 0.15) is 30.6 Å². The first kappa shape index (κ1) is 12.8. The van der Waals surface area contributed by atoms with Crippen molar-refractivity contribution in [2.75, 3.05) is 24.6 Å². The molecule has 0 spiro atoms. The van der Waals surface area contributed by atoms with Gasteiger partial charge in [-0.2, -0.15) is 0 Å². The van der Waals surface area contributed by atoms with Crippen LogP contribution in [-0.4, -0.2) is 36.3 Å². The summed E-state index contributed by atoms with van der Waals surface area (Å²) in [7, 11) is 0. The number of pyridine rings is 1. The van der Waals surface area contributed by atoms with Gasteiger partial charge in [0, 0.05) is 19.2 Å². The lowest BCUT2D eigenvalue weighted by molar-refractivity contribution is 0.0526. The van der Waals surface area contributed by atoms with Crippen LogP contribution < -0.4 is 4.90 Å². The molecule has 5 heteroatoms. The molecule has 1 aliphatic rings. The highest BCUT2D eigenvalue weighted by molar-refractivity contribution is 5.89. The highest BCUT2D eigenvalue weighted by atomic mass is 19.1. The van der Waals surface area contributed by atoms with Crippen molar-refractivity contribution in [3.05, 3.63) is 23.9 Å². The molecule has 2 heterocycles. The lowest BCUT2D eigenvalue weighted by Crippen LogP contribution is -2.26. The van der Waals surface area contributed by atoms with Crippen LogP contribution >= 0.6 is 0 Å². The summed E-state index contributed by atoms with van der Waals surface area (Å²) >= 11 is 0. The Hall–Kier alpha value is -1.65. The fourth-order valence-electron chi connectivity index (χ4n) is 2.03. The molecule has 2 rings (SSSR count). The van der Waals surface area contributed by atoms with E-state index < -0.39 is 5.67 Å². The van der Waals surface area contributed by atoms with E-state index in [1.54, 1.807) is 26.0 Å². The maximum atomic E-state index is 13.7. The van der Waals surface area contributed by atoms with Crippen molar-refractivity contribution in [1.82, 2.24) is 4.98 Å². The number of esters is 1. The van der Waals surface area contributed by atoms with Gasteiger partial charge in [-0.3, -0.25) is 0 Å². The minimum absolute atomic E-state index is 0.340. The lowest BCUT2D eigenvalue weighted by Gasteiger charge is -2.18. The number of hydrogen-bond donors (Lipinski definition) is 0. The van der Waals surface area contributed by atoms with Crippen molar-refractivity contribution in [3.8, 4) is 0 Å². The number of anilines is 1. The topological polar surface area (TPSA) is 42.4 Å². The molecule has 0 aromatic carbocycles. The molecule has 1 saturated heterocycles. The molecule has 18 heavy (non-hydrogen) atoms. The minimum Gasteiger partial charge on any atom is -0.462 e. The molecular formula is C13H17FN2O2. The van der Waals surface area contributed by atoms with Gasteiger partial charge in [-0.1, -0.05) is 0 Å². The van der Waals surface area contributed by atoms with E-state index in [-0.39, 0.29) is 5.97 Å². The van der Waals surface area contributed by atoms with E-state index in [2.05, 4.69) is 4.98 Å². The van der Waals surface area contributed by atoms with E-state index in [1.807, 2.05) is 4.90 Å². The molecule has 1 fully saturated rings. The van der Waals surface area contributed by atoms with E-state index >= 15 is 0 Å². The maximum absolute atomic E-state index is 13.7. The van der Waals surface area contributed by atoms with Crippen LogP contribution in [0.2, 0.25) is 0 Å². The fourth-order valence-corrected chi connectivity index (χ4v) is 2.03. The quantitative estimate of drug-likeness (QED) is 0.773. The molecule has 0 radical (unpaired) electrons. The first-order valence-electron chi connectivity index (χ1n) is 6.09. The zero-order chi connectivity index (χ0) is 13.2. The molecular weight excluding hydrogens is 235 g/mol. The molecule has 1 aliphatic heterocycles. The van der Waals surface area contributed by atoms with Crippen LogP contribution in [0.4, 0.5) is 10.2 Å². The van der Waals surface area contributed by atoms with Crippen molar-refractivity contribution in [3.63, 3.8) is 0 Å². The monoisotopic (exact) mass is 252 g/mol. The number of rotatable bonds is 3. The Labute approximate surface area is 106 Å². The first-order valence-corrected chi connectivity index (χ1v) is 6.09. The molecule has 1 aromatic rings. The van der Waals surface area contributed by atoms with Crippen molar-refractivity contribution in [2.24, 2.45) is 0 Å². The summed E-state index contributed by atoms with van der Waals surface area (Å²) in [6.07, 6.45) is 1.98. The number of aromatic nitrogens is 1. The predicted octanol–water partition coefficient (Wildman–Crippen LogP) is 2.20. The van der Waals surface area contributed by atoms with Gasteiger partial charge in [-0.25, -0.2) is 14.2 Å². The molecule has 0 N–H and O–H groups in total. The molecule has 0 bridgehead atoms. The Morgan fingerprint density at radius 3 is 2.89 bits per heavy atom. The highest BCUT2D eigenvalue weighted by Gasteiger charge is 2.34. The SMILES string of the molecule is CCOC(=O)c1ccc(N2CC[C@](C)(F)C2)nc1. The van der Waals surface area contributed by atoms with Gasteiger partial charge < -0.3 is 9.64 Å². The normalized spacial score (nSPS) is 23.2.